The third-order valence-electron chi connectivity index (χ3n) is 2.03. The van der Waals surface area contributed by atoms with Crippen molar-refractivity contribution in [2.24, 2.45) is 0 Å². The Bertz CT molecular complexity index is 425. The van der Waals surface area contributed by atoms with Gasteiger partial charge < -0.3 is 19.3 Å². The van der Waals surface area contributed by atoms with Crippen molar-refractivity contribution in [3.63, 3.8) is 0 Å². The largest absolute Gasteiger partial charge is 0.507 e. The molecule has 1 aromatic rings. The highest BCUT2D eigenvalue weighted by Gasteiger charge is 2.02. The molecular formula is C13H16O5. The van der Waals surface area contributed by atoms with Crippen LogP contribution >= 0.6 is 0 Å². The molecule has 5 heteroatoms. The molecule has 0 atom stereocenters. The van der Waals surface area contributed by atoms with E-state index in [2.05, 4.69) is 0 Å². The molecule has 1 rings (SSSR count). The number of benzene rings is 1. The van der Waals surface area contributed by atoms with E-state index in [1.165, 1.54) is 25.3 Å². The van der Waals surface area contributed by atoms with Gasteiger partial charge in [0.05, 0.1) is 6.61 Å². The number of ether oxygens (including phenoxy) is 3. The second-order valence-corrected chi connectivity index (χ2v) is 3.36. The van der Waals surface area contributed by atoms with Crippen molar-refractivity contribution in [2.45, 2.75) is 6.92 Å². The Morgan fingerprint density at radius 2 is 2.22 bits per heavy atom. The lowest BCUT2D eigenvalue weighted by atomic mass is 10.2. The van der Waals surface area contributed by atoms with E-state index < -0.39 is 5.97 Å². The predicted molar refractivity (Wildman–Crippen MR) is 66.3 cm³/mol. The number of esters is 1. The van der Waals surface area contributed by atoms with E-state index in [0.29, 0.717) is 17.9 Å². The smallest absolute Gasteiger partial charge is 0.330 e. The molecule has 18 heavy (non-hydrogen) atoms. The van der Waals surface area contributed by atoms with Crippen LogP contribution in [-0.4, -0.2) is 31.6 Å². The minimum Gasteiger partial charge on any atom is -0.507 e. The summed E-state index contributed by atoms with van der Waals surface area (Å²) in [7, 11) is 1.51. The molecule has 0 spiro atoms. The summed E-state index contributed by atoms with van der Waals surface area (Å²) in [6.45, 7) is 2.15. The van der Waals surface area contributed by atoms with Crippen LogP contribution < -0.4 is 4.74 Å². The summed E-state index contributed by atoms with van der Waals surface area (Å²) in [5.41, 5.74) is 0.507. The Morgan fingerprint density at radius 3 is 2.83 bits per heavy atom. The van der Waals surface area contributed by atoms with Crippen LogP contribution in [0.25, 0.3) is 6.08 Å². The maximum atomic E-state index is 11.1. The van der Waals surface area contributed by atoms with Crippen molar-refractivity contribution < 1.29 is 24.1 Å². The van der Waals surface area contributed by atoms with Gasteiger partial charge in [0.15, 0.2) is 6.79 Å². The quantitative estimate of drug-likeness (QED) is 0.476. The van der Waals surface area contributed by atoms with Crippen molar-refractivity contribution >= 4 is 12.0 Å². The Kier molecular flexibility index (Phi) is 5.73. The van der Waals surface area contributed by atoms with Gasteiger partial charge in [-0.3, -0.25) is 0 Å². The molecule has 0 saturated carbocycles. The van der Waals surface area contributed by atoms with Gasteiger partial charge in [-0.1, -0.05) is 0 Å². The van der Waals surface area contributed by atoms with Crippen molar-refractivity contribution in [2.75, 3.05) is 20.5 Å². The lowest BCUT2D eigenvalue weighted by Crippen LogP contribution is -1.99. The molecular weight excluding hydrogens is 236 g/mol. The zero-order chi connectivity index (χ0) is 13.4. The zero-order valence-corrected chi connectivity index (χ0v) is 10.4. The molecule has 0 aliphatic carbocycles. The van der Waals surface area contributed by atoms with Gasteiger partial charge in [0.1, 0.15) is 11.5 Å². The molecule has 0 bridgehead atoms. The van der Waals surface area contributed by atoms with Crippen LogP contribution in [0.5, 0.6) is 11.5 Å². The van der Waals surface area contributed by atoms with Crippen LogP contribution in [0.15, 0.2) is 24.3 Å². The number of carbonyl (C=O) groups excluding carboxylic acids is 1. The summed E-state index contributed by atoms with van der Waals surface area (Å²) < 4.78 is 14.6. The van der Waals surface area contributed by atoms with E-state index in [4.69, 9.17) is 14.2 Å². The number of methoxy groups -OCH3 is 1. The average molecular weight is 252 g/mol. The molecule has 0 aromatic heterocycles. The number of carbonyl (C=O) groups is 1. The van der Waals surface area contributed by atoms with E-state index in [1.54, 1.807) is 19.1 Å². The van der Waals surface area contributed by atoms with Crippen molar-refractivity contribution in [1.29, 1.82) is 0 Å². The SMILES string of the molecule is CCOC(=O)C=Cc1ccc(OCOC)cc1O. The van der Waals surface area contributed by atoms with Gasteiger partial charge in [0.25, 0.3) is 0 Å². The van der Waals surface area contributed by atoms with E-state index in [-0.39, 0.29) is 12.5 Å². The number of aromatic hydroxyl groups is 1. The summed E-state index contributed by atoms with van der Waals surface area (Å²) >= 11 is 0. The molecule has 0 fully saturated rings. The molecule has 0 heterocycles. The number of hydrogen-bond donors (Lipinski definition) is 1. The molecule has 0 aliphatic heterocycles. The second kappa shape index (κ2) is 7.34. The lowest BCUT2D eigenvalue weighted by Gasteiger charge is -2.06. The summed E-state index contributed by atoms with van der Waals surface area (Å²) in [6.07, 6.45) is 2.74. The summed E-state index contributed by atoms with van der Waals surface area (Å²) in [5, 5.41) is 9.71. The minimum atomic E-state index is -0.448. The Balaban J connectivity index is 2.70. The maximum Gasteiger partial charge on any atom is 0.330 e. The first-order valence-electron chi connectivity index (χ1n) is 5.47. The fourth-order valence-corrected chi connectivity index (χ4v) is 1.23. The number of phenols is 1. The van der Waals surface area contributed by atoms with Gasteiger partial charge in [-0.2, -0.15) is 0 Å². The van der Waals surface area contributed by atoms with Crippen molar-refractivity contribution in [1.82, 2.24) is 0 Å². The van der Waals surface area contributed by atoms with Crippen LogP contribution in [-0.2, 0) is 14.3 Å². The number of phenolic OH excluding ortho intramolecular Hbond substituents is 1. The normalized spacial score (nSPS) is 10.6. The van der Waals surface area contributed by atoms with E-state index in [0.717, 1.165) is 0 Å². The first-order valence-corrected chi connectivity index (χ1v) is 5.47. The van der Waals surface area contributed by atoms with Gasteiger partial charge >= 0.3 is 5.97 Å². The third kappa shape index (κ3) is 4.47. The van der Waals surface area contributed by atoms with E-state index in [9.17, 15) is 9.90 Å². The number of rotatable bonds is 6. The Hall–Kier alpha value is -2.01. The molecule has 0 unspecified atom stereocenters. The monoisotopic (exact) mass is 252 g/mol. The van der Waals surface area contributed by atoms with Crippen molar-refractivity contribution in [3.8, 4) is 11.5 Å². The molecule has 0 aliphatic rings. The van der Waals surface area contributed by atoms with Gasteiger partial charge in [0.2, 0.25) is 0 Å². The van der Waals surface area contributed by atoms with E-state index >= 15 is 0 Å². The fraction of sp³-hybridized carbons (Fsp3) is 0.308. The average Bonchev–Trinajstić information content (AvgIpc) is 2.35. The Labute approximate surface area is 106 Å². The van der Waals surface area contributed by atoms with Crippen molar-refractivity contribution in [3.05, 3.63) is 29.8 Å². The summed E-state index contributed by atoms with van der Waals surface area (Å²) in [5.74, 6) is 0.0587. The molecule has 1 N–H and O–H groups in total. The molecule has 5 nitrogen and oxygen atoms in total. The highest BCUT2D eigenvalue weighted by atomic mass is 16.7. The van der Waals surface area contributed by atoms with Gasteiger partial charge in [-0.15, -0.1) is 0 Å². The number of hydrogen-bond acceptors (Lipinski definition) is 5. The highest BCUT2D eigenvalue weighted by Crippen LogP contribution is 2.24. The fourth-order valence-electron chi connectivity index (χ4n) is 1.23. The molecule has 0 amide bonds. The maximum absolute atomic E-state index is 11.1. The second-order valence-electron chi connectivity index (χ2n) is 3.36. The zero-order valence-electron chi connectivity index (χ0n) is 10.4. The van der Waals surface area contributed by atoms with Crippen LogP contribution in [0.2, 0.25) is 0 Å². The first-order chi connectivity index (χ1) is 8.67. The topological polar surface area (TPSA) is 65.0 Å². The highest BCUT2D eigenvalue weighted by molar-refractivity contribution is 5.87. The lowest BCUT2D eigenvalue weighted by molar-refractivity contribution is -0.137. The van der Waals surface area contributed by atoms with Gasteiger partial charge in [0, 0.05) is 24.8 Å². The van der Waals surface area contributed by atoms with Crippen LogP contribution in [0.4, 0.5) is 0 Å². The van der Waals surface area contributed by atoms with Crippen LogP contribution in [0.1, 0.15) is 12.5 Å². The van der Waals surface area contributed by atoms with Gasteiger partial charge in [-0.25, -0.2) is 4.79 Å². The molecule has 1 aromatic carbocycles. The van der Waals surface area contributed by atoms with Gasteiger partial charge in [-0.05, 0) is 25.1 Å². The molecule has 0 saturated heterocycles. The first kappa shape index (κ1) is 14.1. The molecule has 0 radical (unpaired) electrons. The Morgan fingerprint density at radius 1 is 1.44 bits per heavy atom. The van der Waals surface area contributed by atoms with Crippen LogP contribution in [0.3, 0.4) is 0 Å². The third-order valence-corrected chi connectivity index (χ3v) is 2.03. The predicted octanol–water partition coefficient (Wildman–Crippen LogP) is 1.95. The van der Waals surface area contributed by atoms with E-state index in [1.807, 2.05) is 0 Å². The standard InChI is InChI=1S/C13H16O5/c1-3-17-13(15)7-5-10-4-6-11(8-12(10)14)18-9-16-2/h4-8,14H,3,9H2,1-2H3. The summed E-state index contributed by atoms with van der Waals surface area (Å²) in [6, 6.07) is 4.75. The molecule has 98 valence electrons. The summed E-state index contributed by atoms with van der Waals surface area (Å²) in [4.78, 5) is 11.1. The minimum absolute atomic E-state index is 0.0177. The van der Waals surface area contributed by atoms with Crippen LogP contribution in [0, 0.1) is 0 Å².